The molecule has 0 aromatic rings. The summed E-state index contributed by atoms with van der Waals surface area (Å²) in [5.41, 5.74) is 0. The lowest BCUT2D eigenvalue weighted by molar-refractivity contribution is -0.146. The highest BCUT2D eigenvalue weighted by Gasteiger charge is 2.34. The minimum Gasteiger partial charge on any atom is -0.480 e. The number of carbonyl (C=O) groups is 2. The number of carbonyl (C=O) groups excluding carboxylic acids is 1. The fourth-order valence-electron chi connectivity index (χ4n) is 4.65. The molecule has 0 radical (unpaired) electrons. The third kappa shape index (κ3) is 4.28. The largest absolute Gasteiger partial charge is 0.480 e. The van der Waals surface area contributed by atoms with Gasteiger partial charge in [0.1, 0.15) is 6.54 Å². The lowest BCUT2D eigenvalue weighted by Crippen LogP contribution is -2.50. The number of nitrogens with zero attached hydrogens (tertiary/aromatic N) is 3. The van der Waals surface area contributed by atoms with E-state index >= 15 is 0 Å². The van der Waals surface area contributed by atoms with Gasteiger partial charge < -0.3 is 10.0 Å². The van der Waals surface area contributed by atoms with Crippen LogP contribution < -0.4 is 0 Å². The zero-order valence-electron chi connectivity index (χ0n) is 14.7. The summed E-state index contributed by atoms with van der Waals surface area (Å²) < 4.78 is 0. The van der Waals surface area contributed by atoms with E-state index < -0.39 is 5.97 Å². The Labute approximate surface area is 144 Å². The van der Waals surface area contributed by atoms with Crippen LogP contribution in [0.1, 0.15) is 51.4 Å². The first-order valence-electron chi connectivity index (χ1n) is 9.64. The van der Waals surface area contributed by atoms with Crippen molar-refractivity contribution >= 4 is 11.9 Å². The van der Waals surface area contributed by atoms with Crippen molar-refractivity contribution in [3.8, 4) is 0 Å². The molecule has 1 amide bonds. The first-order chi connectivity index (χ1) is 11.6. The van der Waals surface area contributed by atoms with Crippen molar-refractivity contribution in [2.45, 2.75) is 63.5 Å². The highest BCUT2D eigenvalue weighted by molar-refractivity contribution is 5.85. The van der Waals surface area contributed by atoms with Crippen molar-refractivity contribution in [3.05, 3.63) is 0 Å². The lowest BCUT2D eigenvalue weighted by Gasteiger charge is -2.32. The van der Waals surface area contributed by atoms with Gasteiger partial charge in [0.15, 0.2) is 0 Å². The van der Waals surface area contributed by atoms with Crippen LogP contribution >= 0.6 is 0 Å². The quantitative estimate of drug-likeness (QED) is 0.840. The summed E-state index contributed by atoms with van der Waals surface area (Å²) in [6.07, 6.45) is 9.28. The number of carboxylic acid groups (broad SMARTS) is 1. The first-order valence-corrected chi connectivity index (χ1v) is 9.64. The number of carboxylic acids is 1. The Morgan fingerprint density at radius 2 is 1.54 bits per heavy atom. The maximum atomic E-state index is 12.8. The van der Waals surface area contributed by atoms with E-state index in [9.17, 15) is 9.59 Å². The van der Waals surface area contributed by atoms with E-state index in [0.29, 0.717) is 6.54 Å². The monoisotopic (exact) mass is 337 g/mol. The molecule has 1 atom stereocenters. The minimum atomic E-state index is -0.910. The molecule has 6 nitrogen and oxygen atoms in total. The molecule has 136 valence electrons. The Morgan fingerprint density at radius 3 is 2.29 bits per heavy atom. The van der Waals surface area contributed by atoms with Crippen molar-refractivity contribution < 1.29 is 14.7 Å². The summed E-state index contributed by atoms with van der Waals surface area (Å²) in [6, 6.07) is 0.633. The zero-order valence-corrected chi connectivity index (χ0v) is 14.7. The zero-order chi connectivity index (χ0) is 16.9. The molecular weight excluding hydrogens is 306 g/mol. The van der Waals surface area contributed by atoms with Crippen LogP contribution in [0.2, 0.25) is 0 Å². The topological polar surface area (TPSA) is 64.1 Å². The molecule has 24 heavy (non-hydrogen) atoms. The van der Waals surface area contributed by atoms with Gasteiger partial charge >= 0.3 is 5.97 Å². The summed E-state index contributed by atoms with van der Waals surface area (Å²) in [5.74, 6) is -0.878. The highest BCUT2D eigenvalue weighted by atomic mass is 16.4. The second-order valence-electron chi connectivity index (χ2n) is 7.53. The highest BCUT2D eigenvalue weighted by Crippen LogP contribution is 2.25. The van der Waals surface area contributed by atoms with Crippen LogP contribution in [0.3, 0.4) is 0 Å². The van der Waals surface area contributed by atoms with Gasteiger partial charge in [0, 0.05) is 32.2 Å². The molecule has 0 bridgehead atoms. The van der Waals surface area contributed by atoms with Gasteiger partial charge in [-0.15, -0.1) is 0 Å². The van der Waals surface area contributed by atoms with E-state index in [1.807, 2.05) is 0 Å². The van der Waals surface area contributed by atoms with Crippen LogP contribution in [-0.2, 0) is 9.59 Å². The summed E-state index contributed by atoms with van der Waals surface area (Å²) in [7, 11) is 0. The van der Waals surface area contributed by atoms with E-state index in [-0.39, 0.29) is 18.5 Å². The molecule has 0 spiro atoms. The standard InChI is InChI=1S/C18H31N3O3/c22-17(23)14-21-9-4-3-8-16(18(21)24)20-11-5-10-19(12-13-20)15-6-1-2-7-15/h15-16H,1-14H2,(H,22,23). The van der Waals surface area contributed by atoms with Gasteiger partial charge in [-0.3, -0.25) is 19.4 Å². The van der Waals surface area contributed by atoms with Crippen molar-refractivity contribution in [2.24, 2.45) is 0 Å². The molecule has 0 aromatic heterocycles. The molecule has 3 aliphatic rings. The number of likely N-dealkylation sites (tertiary alicyclic amines) is 1. The number of rotatable bonds is 4. The third-order valence-corrected chi connectivity index (χ3v) is 5.93. The van der Waals surface area contributed by atoms with Crippen LogP contribution in [0.5, 0.6) is 0 Å². The van der Waals surface area contributed by atoms with Crippen LogP contribution in [0.4, 0.5) is 0 Å². The van der Waals surface area contributed by atoms with Crippen molar-refractivity contribution in [1.29, 1.82) is 0 Å². The molecule has 3 fully saturated rings. The Hall–Kier alpha value is -1.14. The van der Waals surface area contributed by atoms with Crippen LogP contribution in [0.25, 0.3) is 0 Å². The molecule has 0 aromatic carbocycles. The second kappa shape index (κ2) is 8.30. The molecule has 2 saturated heterocycles. The van der Waals surface area contributed by atoms with Gasteiger partial charge in [0.25, 0.3) is 0 Å². The van der Waals surface area contributed by atoms with Crippen molar-refractivity contribution in [2.75, 3.05) is 39.3 Å². The maximum Gasteiger partial charge on any atom is 0.323 e. The van der Waals surface area contributed by atoms with Crippen molar-refractivity contribution in [1.82, 2.24) is 14.7 Å². The number of hydrogen-bond acceptors (Lipinski definition) is 4. The minimum absolute atomic E-state index is 0.0317. The molecule has 3 rings (SSSR count). The van der Waals surface area contributed by atoms with Crippen molar-refractivity contribution in [3.63, 3.8) is 0 Å². The Balaban J connectivity index is 1.61. The number of amides is 1. The van der Waals surface area contributed by atoms with Gasteiger partial charge in [0.05, 0.1) is 6.04 Å². The smallest absolute Gasteiger partial charge is 0.323 e. The SMILES string of the molecule is O=C(O)CN1CCCCC(N2CCCN(C3CCCC3)CC2)C1=O. The number of aliphatic carboxylic acids is 1. The van der Waals surface area contributed by atoms with Crippen LogP contribution in [-0.4, -0.2) is 83.0 Å². The van der Waals surface area contributed by atoms with Crippen LogP contribution in [0, 0.1) is 0 Å². The van der Waals surface area contributed by atoms with E-state index in [2.05, 4.69) is 9.80 Å². The fraction of sp³-hybridized carbons (Fsp3) is 0.889. The van der Waals surface area contributed by atoms with Crippen LogP contribution in [0.15, 0.2) is 0 Å². The Morgan fingerprint density at radius 1 is 0.875 bits per heavy atom. The summed E-state index contributed by atoms with van der Waals surface area (Å²) in [6.45, 7) is 4.52. The molecular formula is C18H31N3O3. The third-order valence-electron chi connectivity index (χ3n) is 5.93. The average Bonchev–Trinajstić information content (AvgIpc) is 2.90. The number of hydrogen-bond donors (Lipinski definition) is 1. The molecule has 1 unspecified atom stereocenters. The predicted octanol–water partition coefficient (Wildman–Crippen LogP) is 1.40. The normalized spacial score (nSPS) is 28.8. The molecule has 1 aliphatic carbocycles. The summed E-state index contributed by atoms with van der Waals surface area (Å²) in [5, 5.41) is 9.06. The van der Waals surface area contributed by atoms with Gasteiger partial charge in [-0.2, -0.15) is 0 Å². The molecule has 1 N–H and O–H groups in total. The Bertz CT molecular complexity index is 451. The summed E-state index contributed by atoms with van der Waals surface area (Å²) >= 11 is 0. The van der Waals surface area contributed by atoms with Gasteiger partial charge in [-0.05, 0) is 45.1 Å². The van der Waals surface area contributed by atoms with E-state index in [1.54, 1.807) is 4.90 Å². The Kier molecular flexibility index (Phi) is 6.11. The molecule has 2 heterocycles. The van der Waals surface area contributed by atoms with E-state index in [0.717, 1.165) is 57.9 Å². The lowest BCUT2D eigenvalue weighted by atomic mass is 10.1. The van der Waals surface area contributed by atoms with Gasteiger partial charge in [-0.1, -0.05) is 12.8 Å². The van der Waals surface area contributed by atoms with E-state index in [1.165, 1.54) is 25.7 Å². The van der Waals surface area contributed by atoms with Gasteiger partial charge in [-0.25, -0.2) is 0 Å². The predicted molar refractivity (Wildman–Crippen MR) is 91.9 cm³/mol. The molecule has 1 saturated carbocycles. The molecule has 6 heteroatoms. The first kappa shape index (κ1) is 17.7. The molecule has 2 aliphatic heterocycles. The average molecular weight is 337 g/mol. The maximum absolute atomic E-state index is 12.8. The summed E-state index contributed by atoms with van der Waals surface area (Å²) in [4.78, 5) is 30.4. The van der Waals surface area contributed by atoms with E-state index in [4.69, 9.17) is 5.11 Å². The fourth-order valence-corrected chi connectivity index (χ4v) is 4.65. The second-order valence-corrected chi connectivity index (χ2v) is 7.53. The van der Waals surface area contributed by atoms with Gasteiger partial charge in [0.2, 0.25) is 5.91 Å².